The summed E-state index contributed by atoms with van der Waals surface area (Å²) in [5.41, 5.74) is 1.57. The number of nitrogens with zero attached hydrogens (tertiary/aromatic N) is 1. The van der Waals surface area contributed by atoms with Crippen molar-refractivity contribution in [3.63, 3.8) is 0 Å². The molecule has 0 heterocycles. The molecule has 0 aliphatic heterocycles. The van der Waals surface area contributed by atoms with Crippen LogP contribution >= 0.6 is 0 Å². The molecule has 0 bridgehead atoms. The zero-order chi connectivity index (χ0) is 20.8. The highest BCUT2D eigenvalue weighted by Gasteiger charge is 2.20. The Balaban J connectivity index is 2.85. The fourth-order valence-corrected chi connectivity index (χ4v) is 2.31. The number of benzene rings is 1. The van der Waals surface area contributed by atoms with Gasteiger partial charge >= 0.3 is 12.1 Å². The van der Waals surface area contributed by atoms with E-state index >= 15 is 0 Å². The molecule has 8 nitrogen and oxygen atoms in total. The zero-order valence-electron chi connectivity index (χ0n) is 17.1. The molecule has 8 heteroatoms. The summed E-state index contributed by atoms with van der Waals surface area (Å²) in [5, 5.41) is 5.88. The van der Waals surface area contributed by atoms with Gasteiger partial charge in [-0.2, -0.15) is 0 Å². The molecule has 2 amide bonds. The van der Waals surface area contributed by atoms with Crippen molar-refractivity contribution in [2.24, 2.45) is 0 Å². The number of methoxy groups -OCH3 is 1. The monoisotopic (exact) mass is 379 g/mol. The van der Waals surface area contributed by atoms with E-state index in [2.05, 4.69) is 10.6 Å². The molecule has 0 aromatic heterocycles. The van der Waals surface area contributed by atoms with Crippen LogP contribution in [0.4, 0.5) is 16.2 Å². The number of nitrogens with one attached hydrogen (secondary N) is 2. The summed E-state index contributed by atoms with van der Waals surface area (Å²) in [7, 11) is 2.94. The van der Waals surface area contributed by atoms with E-state index in [4.69, 9.17) is 9.47 Å². The highest BCUT2D eigenvalue weighted by atomic mass is 16.6. The minimum absolute atomic E-state index is 0.279. The van der Waals surface area contributed by atoms with Gasteiger partial charge in [0.2, 0.25) is 5.91 Å². The van der Waals surface area contributed by atoms with Crippen LogP contribution in [0.1, 0.15) is 43.6 Å². The summed E-state index contributed by atoms with van der Waals surface area (Å²) in [6, 6.07) is 3.32. The zero-order valence-corrected chi connectivity index (χ0v) is 17.1. The van der Waals surface area contributed by atoms with Crippen LogP contribution in [0.5, 0.6) is 0 Å². The van der Waals surface area contributed by atoms with Gasteiger partial charge in [0, 0.05) is 32.7 Å². The Morgan fingerprint density at radius 2 is 1.81 bits per heavy atom. The molecule has 0 aliphatic carbocycles. The third-order valence-corrected chi connectivity index (χ3v) is 3.64. The average molecular weight is 379 g/mol. The summed E-state index contributed by atoms with van der Waals surface area (Å²) in [6.45, 7) is 9.48. The third kappa shape index (κ3) is 6.80. The number of hydrogen-bond acceptors (Lipinski definition) is 6. The lowest BCUT2D eigenvalue weighted by Gasteiger charge is -2.25. The van der Waals surface area contributed by atoms with Gasteiger partial charge in [-0.1, -0.05) is 0 Å². The summed E-state index contributed by atoms with van der Waals surface area (Å²) in [4.78, 5) is 36.9. The Kier molecular flexibility index (Phi) is 7.63. The Bertz CT molecular complexity index is 710. The topological polar surface area (TPSA) is 97.0 Å². The Morgan fingerprint density at radius 3 is 2.33 bits per heavy atom. The second-order valence-electron chi connectivity index (χ2n) is 7.16. The number of rotatable bonds is 6. The van der Waals surface area contributed by atoms with E-state index in [9.17, 15) is 14.4 Å². The van der Waals surface area contributed by atoms with Crippen LogP contribution in [0.15, 0.2) is 12.1 Å². The predicted octanol–water partition coefficient (Wildman–Crippen LogP) is 3.02. The summed E-state index contributed by atoms with van der Waals surface area (Å²) < 4.78 is 10.1. The first kappa shape index (κ1) is 22.3. The molecule has 27 heavy (non-hydrogen) atoms. The number of amides is 2. The van der Waals surface area contributed by atoms with Crippen LogP contribution in [0.3, 0.4) is 0 Å². The fraction of sp³-hybridized carbons (Fsp3) is 0.526. The standard InChI is InChI=1S/C19H29N3O5/c1-12-15(20-10-11-22(6)18(25)27-19(3,4)5)9-8-14(17(24)26-7)16(12)21-13(2)23/h8-9,20H,10-11H2,1-7H3,(H,21,23). The lowest BCUT2D eigenvalue weighted by atomic mass is 10.1. The molecule has 0 fully saturated rings. The van der Waals surface area contributed by atoms with Crippen LogP contribution in [-0.2, 0) is 14.3 Å². The van der Waals surface area contributed by atoms with Gasteiger partial charge in [-0.05, 0) is 45.4 Å². The van der Waals surface area contributed by atoms with Crippen molar-refractivity contribution < 1.29 is 23.9 Å². The first-order valence-electron chi connectivity index (χ1n) is 8.63. The molecule has 150 valence electrons. The number of carbonyl (C=O) groups excluding carboxylic acids is 3. The van der Waals surface area contributed by atoms with E-state index < -0.39 is 17.7 Å². The van der Waals surface area contributed by atoms with Gasteiger partial charge in [-0.15, -0.1) is 0 Å². The first-order valence-corrected chi connectivity index (χ1v) is 8.63. The van der Waals surface area contributed by atoms with E-state index in [1.165, 1.54) is 18.9 Å². The van der Waals surface area contributed by atoms with Gasteiger partial charge in [-0.3, -0.25) is 4.79 Å². The Labute approximate surface area is 160 Å². The lowest BCUT2D eigenvalue weighted by molar-refractivity contribution is -0.114. The average Bonchev–Trinajstić information content (AvgIpc) is 2.55. The molecule has 0 saturated carbocycles. The number of esters is 1. The molecular weight excluding hydrogens is 350 g/mol. The molecule has 0 spiro atoms. The van der Waals surface area contributed by atoms with Crippen LogP contribution in [0.2, 0.25) is 0 Å². The number of carbonyl (C=O) groups is 3. The molecule has 0 saturated heterocycles. The van der Waals surface area contributed by atoms with E-state index in [0.29, 0.717) is 24.3 Å². The van der Waals surface area contributed by atoms with Crippen LogP contribution < -0.4 is 10.6 Å². The maximum Gasteiger partial charge on any atom is 0.410 e. The fourth-order valence-electron chi connectivity index (χ4n) is 2.31. The Hall–Kier alpha value is -2.77. The van der Waals surface area contributed by atoms with Crippen LogP contribution in [-0.4, -0.2) is 55.7 Å². The summed E-state index contributed by atoms with van der Waals surface area (Å²) >= 11 is 0. The van der Waals surface area contributed by atoms with E-state index in [-0.39, 0.29) is 11.5 Å². The van der Waals surface area contributed by atoms with E-state index in [1.54, 1.807) is 26.1 Å². The van der Waals surface area contributed by atoms with Crippen molar-refractivity contribution in [2.75, 3.05) is 37.9 Å². The molecule has 2 N–H and O–H groups in total. The largest absolute Gasteiger partial charge is 0.465 e. The second-order valence-corrected chi connectivity index (χ2v) is 7.16. The molecule has 1 aromatic carbocycles. The van der Waals surface area contributed by atoms with Gasteiger partial charge in [0.25, 0.3) is 0 Å². The lowest BCUT2D eigenvalue weighted by Crippen LogP contribution is -2.36. The SMILES string of the molecule is COC(=O)c1ccc(NCCN(C)C(=O)OC(C)(C)C)c(C)c1NC(C)=O. The number of ether oxygens (including phenoxy) is 2. The Morgan fingerprint density at radius 1 is 1.19 bits per heavy atom. The van der Waals surface area contributed by atoms with Crippen molar-refractivity contribution in [3.8, 4) is 0 Å². The maximum absolute atomic E-state index is 12.0. The van der Waals surface area contributed by atoms with E-state index in [0.717, 1.165) is 5.69 Å². The molecule has 1 aromatic rings. The summed E-state index contributed by atoms with van der Waals surface area (Å²) in [6.07, 6.45) is -0.402. The van der Waals surface area contributed by atoms with Crippen molar-refractivity contribution in [1.29, 1.82) is 0 Å². The normalized spacial score (nSPS) is 10.8. The van der Waals surface area contributed by atoms with Gasteiger partial charge in [0.05, 0.1) is 18.4 Å². The quantitative estimate of drug-likeness (QED) is 0.738. The third-order valence-electron chi connectivity index (χ3n) is 3.64. The van der Waals surface area contributed by atoms with Gasteiger partial charge in [0.15, 0.2) is 0 Å². The van der Waals surface area contributed by atoms with Crippen molar-refractivity contribution in [1.82, 2.24) is 4.90 Å². The second kappa shape index (κ2) is 9.25. The molecule has 0 unspecified atom stereocenters. The van der Waals surface area contributed by atoms with Crippen molar-refractivity contribution in [3.05, 3.63) is 23.3 Å². The van der Waals surface area contributed by atoms with E-state index in [1.807, 2.05) is 20.8 Å². The minimum atomic E-state index is -0.549. The van der Waals surface area contributed by atoms with Gasteiger partial charge in [-0.25, -0.2) is 9.59 Å². The molecular formula is C19H29N3O5. The molecule has 0 atom stereocenters. The van der Waals surface area contributed by atoms with Crippen molar-refractivity contribution >= 4 is 29.3 Å². The number of hydrogen-bond donors (Lipinski definition) is 2. The highest BCUT2D eigenvalue weighted by Crippen LogP contribution is 2.28. The van der Waals surface area contributed by atoms with Crippen LogP contribution in [0, 0.1) is 6.92 Å². The summed E-state index contributed by atoms with van der Waals surface area (Å²) in [5.74, 6) is -0.817. The molecule has 0 radical (unpaired) electrons. The highest BCUT2D eigenvalue weighted by molar-refractivity contribution is 6.02. The first-order chi connectivity index (χ1) is 12.5. The minimum Gasteiger partial charge on any atom is -0.465 e. The molecule has 1 rings (SSSR count). The molecule has 0 aliphatic rings. The number of anilines is 2. The van der Waals surface area contributed by atoms with Crippen LogP contribution in [0.25, 0.3) is 0 Å². The van der Waals surface area contributed by atoms with Gasteiger partial charge in [0.1, 0.15) is 5.60 Å². The van der Waals surface area contributed by atoms with Gasteiger partial charge < -0.3 is 25.0 Å². The predicted molar refractivity (Wildman–Crippen MR) is 104 cm³/mol. The smallest absolute Gasteiger partial charge is 0.410 e. The van der Waals surface area contributed by atoms with Crippen molar-refractivity contribution in [2.45, 2.75) is 40.2 Å². The maximum atomic E-state index is 12.0. The number of likely N-dealkylation sites (N-methyl/N-ethyl adjacent to an activating group) is 1.